The van der Waals surface area contributed by atoms with Crippen LogP contribution in [0.1, 0.15) is 26.7 Å². The molecule has 2 N–H and O–H groups in total. The number of hydrogen-bond acceptors (Lipinski definition) is 6. The van der Waals surface area contributed by atoms with Crippen LogP contribution in [0.15, 0.2) is 56.6 Å². The maximum absolute atomic E-state index is 12.7. The first-order chi connectivity index (χ1) is 14.8. The molecule has 31 heavy (non-hydrogen) atoms. The number of aromatic hydroxyl groups is 1. The van der Waals surface area contributed by atoms with Gasteiger partial charge in [-0.15, -0.1) is 0 Å². The number of hydrogen-bond donors (Lipinski definition) is 2. The van der Waals surface area contributed by atoms with E-state index in [1.807, 2.05) is 0 Å². The molecule has 0 saturated heterocycles. The van der Waals surface area contributed by atoms with Crippen LogP contribution < -0.4 is 11.1 Å². The van der Waals surface area contributed by atoms with Crippen molar-refractivity contribution in [2.24, 2.45) is 0 Å². The predicted octanol–water partition coefficient (Wildman–Crippen LogP) is 2.75. The van der Waals surface area contributed by atoms with E-state index < -0.39 is 21.7 Å². The number of amides is 1. The first kappa shape index (κ1) is 22.6. The fraction of sp³-hybridized carbons (Fsp3) is 0.333. The molecule has 0 aliphatic heterocycles. The van der Waals surface area contributed by atoms with Crippen LogP contribution in [0.2, 0.25) is 0 Å². The average Bonchev–Trinajstić information content (AvgIpc) is 3.05. The summed E-state index contributed by atoms with van der Waals surface area (Å²) in [5.41, 5.74) is 1.15. The molecule has 0 aliphatic carbocycles. The summed E-state index contributed by atoms with van der Waals surface area (Å²) in [4.78, 5) is 24.3. The molecule has 0 fully saturated rings. The number of nitrogens with one attached hydrogen (secondary N) is 1. The normalized spacial score (nSPS) is 11.8. The van der Waals surface area contributed by atoms with Crippen LogP contribution in [0.4, 0.5) is 5.69 Å². The van der Waals surface area contributed by atoms with Crippen LogP contribution in [0.25, 0.3) is 11.1 Å². The molecule has 166 valence electrons. The van der Waals surface area contributed by atoms with E-state index in [4.69, 9.17) is 4.42 Å². The fourth-order valence-corrected chi connectivity index (χ4v) is 4.81. The van der Waals surface area contributed by atoms with Gasteiger partial charge in [0.05, 0.1) is 16.1 Å². The Kier molecular flexibility index (Phi) is 6.81. The van der Waals surface area contributed by atoms with E-state index in [-0.39, 0.29) is 29.3 Å². The molecule has 10 heteroatoms. The van der Waals surface area contributed by atoms with E-state index in [1.54, 1.807) is 38.1 Å². The SMILES string of the molecule is CCN(CC)S(=O)(=O)c1ccc(O)c(NC(=O)CCCn2c(=O)oc3ccccc32)c1. The number of sulfonamides is 1. The van der Waals surface area contributed by atoms with Crippen molar-refractivity contribution < 1.29 is 22.7 Å². The molecule has 2 aromatic carbocycles. The molecule has 0 aliphatic rings. The number of benzene rings is 2. The van der Waals surface area contributed by atoms with E-state index in [1.165, 1.54) is 27.1 Å². The van der Waals surface area contributed by atoms with Crippen molar-refractivity contribution in [3.05, 3.63) is 53.0 Å². The van der Waals surface area contributed by atoms with Gasteiger partial charge in [-0.05, 0) is 36.8 Å². The number of nitrogens with zero attached hydrogens (tertiary/aromatic N) is 2. The van der Waals surface area contributed by atoms with Gasteiger partial charge in [0.15, 0.2) is 5.58 Å². The second-order valence-corrected chi connectivity index (χ2v) is 8.85. The van der Waals surface area contributed by atoms with Gasteiger partial charge in [-0.1, -0.05) is 26.0 Å². The monoisotopic (exact) mass is 447 g/mol. The Labute approximate surface area is 180 Å². The number of aryl methyl sites for hydroxylation is 1. The van der Waals surface area contributed by atoms with Crippen LogP contribution in [-0.2, 0) is 21.4 Å². The Morgan fingerprint density at radius 2 is 1.87 bits per heavy atom. The number of aromatic nitrogens is 1. The number of anilines is 1. The lowest BCUT2D eigenvalue weighted by atomic mass is 10.2. The lowest BCUT2D eigenvalue weighted by molar-refractivity contribution is -0.116. The largest absolute Gasteiger partial charge is 0.506 e. The average molecular weight is 448 g/mol. The Morgan fingerprint density at radius 1 is 1.16 bits per heavy atom. The molecule has 0 radical (unpaired) electrons. The maximum atomic E-state index is 12.7. The third-order valence-electron chi connectivity index (χ3n) is 4.94. The Bertz CT molecular complexity index is 1240. The highest BCUT2D eigenvalue weighted by molar-refractivity contribution is 7.89. The fourth-order valence-electron chi connectivity index (χ4n) is 3.32. The number of para-hydroxylation sites is 2. The number of phenols is 1. The summed E-state index contributed by atoms with van der Waals surface area (Å²) in [6.07, 6.45) is 0.422. The molecule has 3 aromatic rings. The Balaban J connectivity index is 1.68. The summed E-state index contributed by atoms with van der Waals surface area (Å²) in [5, 5.41) is 12.6. The molecular formula is C21H25N3O6S. The number of carbonyl (C=O) groups excluding carboxylic acids is 1. The highest BCUT2D eigenvalue weighted by Gasteiger charge is 2.23. The van der Waals surface area contributed by atoms with Gasteiger partial charge in [0.2, 0.25) is 15.9 Å². The summed E-state index contributed by atoms with van der Waals surface area (Å²) in [5.74, 6) is -1.13. The summed E-state index contributed by atoms with van der Waals surface area (Å²) >= 11 is 0. The zero-order valence-electron chi connectivity index (χ0n) is 17.4. The van der Waals surface area contributed by atoms with Gasteiger partial charge < -0.3 is 14.8 Å². The van der Waals surface area contributed by atoms with Gasteiger partial charge in [0.25, 0.3) is 0 Å². The summed E-state index contributed by atoms with van der Waals surface area (Å²) in [7, 11) is -3.73. The summed E-state index contributed by atoms with van der Waals surface area (Å²) in [6.45, 7) is 4.37. The number of oxazole rings is 1. The molecule has 1 heterocycles. The molecule has 1 amide bonds. The van der Waals surface area contributed by atoms with Crippen molar-refractivity contribution in [2.45, 2.75) is 38.1 Å². The second kappa shape index (κ2) is 9.36. The van der Waals surface area contributed by atoms with Crippen molar-refractivity contribution in [1.29, 1.82) is 0 Å². The molecule has 0 atom stereocenters. The highest BCUT2D eigenvalue weighted by atomic mass is 32.2. The zero-order chi connectivity index (χ0) is 22.6. The highest BCUT2D eigenvalue weighted by Crippen LogP contribution is 2.28. The molecule has 0 bridgehead atoms. The molecule has 0 spiro atoms. The topological polar surface area (TPSA) is 122 Å². The molecule has 3 rings (SSSR count). The standard InChI is InChI=1S/C21H25N3O6S/c1-3-23(4-2)31(28,29)15-11-12-18(25)16(14-15)22-20(26)10-7-13-24-17-8-5-6-9-19(17)30-21(24)27/h5-6,8-9,11-12,14,25H,3-4,7,10,13H2,1-2H3,(H,22,26). The second-order valence-electron chi connectivity index (χ2n) is 6.91. The minimum atomic E-state index is -3.73. The van der Waals surface area contributed by atoms with Crippen LogP contribution in [-0.4, -0.2) is 41.4 Å². The number of phenolic OH excluding ortho intramolecular Hbond substituents is 1. The minimum Gasteiger partial charge on any atom is -0.506 e. The van der Waals surface area contributed by atoms with Gasteiger partial charge in [0, 0.05) is 26.1 Å². The lowest BCUT2D eigenvalue weighted by Crippen LogP contribution is -2.30. The van der Waals surface area contributed by atoms with Crippen LogP contribution >= 0.6 is 0 Å². The predicted molar refractivity (Wildman–Crippen MR) is 117 cm³/mol. The van der Waals surface area contributed by atoms with E-state index in [9.17, 15) is 23.1 Å². The Morgan fingerprint density at radius 3 is 2.58 bits per heavy atom. The van der Waals surface area contributed by atoms with Crippen molar-refractivity contribution in [3.63, 3.8) is 0 Å². The van der Waals surface area contributed by atoms with Crippen molar-refractivity contribution in [2.75, 3.05) is 18.4 Å². The van der Waals surface area contributed by atoms with E-state index >= 15 is 0 Å². The van der Waals surface area contributed by atoms with Gasteiger partial charge in [-0.3, -0.25) is 9.36 Å². The minimum absolute atomic E-state index is 0.0132. The maximum Gasteiger partial charge on any atom is 0.419 e. The number of fused-ring (bicyclic) bond motifs is 1. The first-order valence-corrected chi connectivity index (χ1v) is 11.4. The third-order valence-corrected chi connectivity index (χ3v) is 6.99. The first-order valence-electron chi connectivity index (χ1n) is 9.99. The molecule has 1 aromatic heterocycles. The zero-order valence-corrected chi connectivity index (χ0v) is 18.2. The van der Waals surface area contributed by atoms with Crippen molar-refractivity contribution >= 4 is 32.7 Å². The Hall–Kier alpha value is -3.11. The smallest absolute Gasteiger partial charge is 0.419 e. The van der Waals surface area contributed by atoms with Gasteiger partial charge >= 0.3 is 5.76 Å². The quantitative estimate of drug-likeness (QED) is 0.487. The van der Waals surface area contributed by atoms with E-state index in [0.717, 1.165) is 0 Å². The molecule has 9 nitrogen and oxygen atoms in total. The third kappa shape index (κ3) is 4.80. The summed E-state index contributed by atoms with van der Waals surface area (Å²) in [6, 6.07) is 10.8. The van der Waals surface area contributed by atoms with Crippen molar-refractivity contribution in [3.8, 4) is 5.75 Å². The molecule has 0 saturated carbocycles. The van der Waals surface area contributed by atoms with E-state index in [2.05, 4.69) is 5.32 Å². The van der Waals surface area contributed by atoms with Gasteiger partial charge in [-0.25, -0.2) is 13.2 Å². The van der Waals surface area contributed by atoms with Crippen LogP contribution in [0.5, 0.6) is 5.75 Å². The summed E-state index contributed by atoms with van der Waals surface area (Å²) < 4.78 is 33.3. The van der Waals surface area contributed by atoms with Crippen LogP contribution in [0.3, 0.4) is 0 Å². The number of carbonyl (C=O) groups is 1. The molecule has 0 unspecified atom stereocenters. The van der Waals surface area contributed by atoms with Crippen LogP contribution in [0, 0.1) is 0 Å². The molecular weight excluding hydrogens is 422 g/mol. The number of rotatable bonds is 9. The van der Waals surface area contributed by atoms with Crippen molar-refractivity contribution in [1.82, 2.24) is 8.87 Å². The van der Waals surface area contributed by atoms with Gasteiger partial charge in [-0.2, -0.15) is 4.31 Å². The lowest BCUT2D eigenvalue weighted by Gasteiger charge is -2.19. The van der Waals surface area contributed by atoms with Gasteiger partial charge in [0.1, 0.15) is 5.75 Å². The van der Waals surface area contributed by atoms with E-state index in [0.29, 0.717) is 30.6 Å².